The van der Waals surface area contributed by atoms with Crippen LogP contribution in [-0.4, -0.2) is 5.91 Å². The molecule has 0 aliphatic carbocycles. The lowest BCUT2D eigenvalue weighted by molar-refractivity contribution is 0.103. The summed E-state index contributed by atoms with van der Waals surface area (Å²) in [6.45, 7) is 1.91. The molecule has 0 radical (unpaired) electrons. The van der Waals surface area contributed by atoms with Crippen molar-refractivity contribution in [2.75, 3.05) is 11.1 Å². The van der Waals surface area contributed by atoms with Gasteiger partial charge in [0.2, 0.25) is 0 Å². The fourth-order valence-electron chi connectivity index (χ4n) is 1.41. The predicted molar refractivity (Wildman–Crippen MR) is 72.9 cm³/mol. The van der Waals surface area contributed by atoms with Crippen LogP contribution in [-0.2, 0) is 0 Å². The lowest BCUT2D eigenvalue weighted by atomic mass is 10.2. The van der Waals surface area contributed by atoms with Crippen LogP contribution in [0.2, 0.25) is 5.02 Å². The molecule has 0 saturated carbocycles. The number of benzene rings is 1. The molecule has 0 fully saturated rings. The number of amides is 1. The van der Waals surface area contributed by atoms with Gasteiger partial charge in [-0.2, -0.15) is 0 Å². The molecule has 1 amide bonds. The van der Waals surface area contributed by atoms with Gasteiger partial charge in [-0.15, -0.1) is 11.3 Å². The van der Waals surface area contributed by atoms with Gasteiger partial charge in [0.25, 0.3) is 5.91 Å². The third kappa shape index (κ3) is 2.60. The maximum absolute atomic E-state index is 11.9. The van der Waals surface area contributed by atoms with Crippen LogP contribution in [0, 0.1) is 6.92 Å². The fraction of sp³-hybridized carbons (Fsp3) is 0.0833. The van der Waals surface area contributed by atoms with Gasteiger partial charge in [-0.3, -0.25) is 4.79 Å². The summed E-state index contributed by atoms with van der Waals surface area (Å²) in [5.41, 5.74) is 7.96. The second-order valence-electron chi connectivity index (χ2n) is 3.63. The molecule has 88 valence electrons. The van der Waals surface area contributed by atoms with Crippen LogP contribution >= 0.6 is 22.9 Å². The van der Waals surface area contributed by atoms with Crippen molar-refractivity contribution in [2.24, 2.45) is 0 Å². The highest BCUT2D eigenvalue weighted by Crippen LogP contribution is 2.24. The van der Waals surface area contributed by atoms with E-state index >= 15 is 0 Å². The van der Waals surface area contributed by atoms with E-state index in [1.807, 2.05) is 13.0 Å². The average Bonchev–Trinajstić information content (AvgIpc) is 2.70. The number of hydrogen-bond donors (Lipinski definition) is 2. The highest BCUT2D eigenvalue weighted by molar-refractivity contribution is 7.12. The van der Waals surface area contributed by atoms with Crippen LogP contribution < -0.4 is 11.1 Å². The number of carbonyl (C=O) groups excluding carboxylic acids is 1. The zero-order valence-electron chi connectivity index (χ0n) is 9.16. The summed E-state index contributed by atoms with van der Waals surface area (Å²) in [5, 5.41) is 5.05. The Hall–Kier alpha value is -1.52. The number of halogens is 1. The number of aryl methyl sites for hydroxylation is 1. The monoisotopic (exact) mass is 266 g/mol. The fourth-order valence-corrected chi connectivity index (χ4v) is 2.45. The quantitative estimate of drug-likeness (QED) is 0.817. The van der Waals surface area contributed by atoms with E-state index < -0.39 is 0 Å². The van der Waals surface area contributed by atoms with Gasteiger partial charge >= 0.3 is 0 Å². The molecule has 1 aromatic carbocycles. The Morgan fingerprint density at radius 3 is 2.82 bits per heavy atom. The van der Waals surface area contributed by atoms with Crippen molar-refractivity contribution >= 4 is 40.2 Å². The first kappa shape index (κ1) is 12.0. The lowest BCUT2D eigenvalue weighted by Crippen LogP contribution is -2.11. The van der Waals surface area contributed by atoms with Crippen LogP contribution in [0.15, 0.2) is 29.6 Å². The van der Waals surface area contributed by atoms with E-state index in [0.29, 0.717) is 21.3 Å². The molecule has 1 heterocycles. The van der Waals surface area contributed by atoms with Gasteiger partial charge in [-0.05, 0) is 36.1 Å². The van der Waals surface area contributed by atoms with Crippen LogP contribution in [0.1, 0.15) is 15.2 Å². The van der Waals surface area contributed by atoms with Crippen LogP contribution in [0.4, 0.5) is 11.4 Å². The second-order valence-corrected chi connectivity index (χ2v) is 4.95. The van der Waals surface area contributed by atoms with Crippen LogP contribution in [0.5, 0.6) is 0 Å². The summed E-state index contributed by atoms with van der Waals surface area (Å²) in [4.78, 5) is 12.4. The average molecular weight is 267 g/mol. The smallest absolute Gasteiger partial charge is 0.267 e. The molecular formula is C12H11ClN2OS. The Morgan fingerprint density at radius 2 is 2.18 bits per heavy atom. The van der Waals surface area contributed by atoms with Gasteiger partial charge in [0.1, 0.15) is 4.88 Å². The molecule has 0 spiro atoms. The Morgan fingerprint density at radius 1 is 1.41 bits per heavy atom. The third-order valence-corrected chi connectivity index (χ3v) is 3.67. The van der Waals surface area contributed by atoms with Gasteiger partial charge in [0.05, 0.1) is 5.02 Å². The number of anilines is 2. The van der Waals surface area contributed by atoms with E-state index in [4.69, 9.17) is 17.3 Å². The second kappa shape index (κ2) is 4.77. The minimum absolute atomic E-state index is 0.210. The topological polar surface area (TPSA) is 55.1 Å². The number of carbonyl (C=O) groups is 1. The Bertz CT molecular complexity index is 565. The van der Waals surface area contributed by atoms with E-state index in [0.717, 1.165) is 5.56 Å². The Labute approximate surface area is 108 Å². The summed E-state index contributed by atoms with van der Waals surface area (Å²) >= 11 is 7.21. The number of nitrogen functional groups attached to an aromatic ring is 1. The molecule has 0 aliphatic heterocycles. The summed E-state index contributed by atoms with van der Waals surface area (Å²) in [7, 11) is 0. The summed E-state index contributed by atoms with van der Waals surface area (Å²) in [6, 6.07) is 7.09. The predicted octanol–water partition coefficient (Wildman–Crippen LogP) is 3.54. The van der Waals surface area contributed by atoms with Crippen molar-refractivity contribution in [1.29, 1.82) is 0 Å². The molecule has 0 aliphatic rings. The Balaban J connectivity index is 2.24. The zero-order valence-corrected chi connectivity index (χ0v) is 10.7. The third-order valence-electron chi connectivity index (χ3n) is 2.33. The largest absolute Gasteiger partial charge is 0.399 e. The number of nitrogens with two attached hydrogens (primary N) is 1. The number of nitrogens with one attached hydrogen (secondary N) is 1. The minimum Gasteiger partial charge on any atom is -0.399 e. The molecule has 17 heavy (non-hydrogen) atoms. The van der Waals surface area contributed by atoms with Crippen molar-refractivity contribution in [3.05, 3.63) is 45.1 Å². The lowest BCUT2D eigenvalue weighted by Gasteiger charge is -2.08. The van der Waals surface area contributed by atoms with Gasteiger partial charge < -0.3 is 11.1 Å². The maximum Gasteiger partial charge on any atom is 0.267 e. The van der Waals surface area contributed by atoms with Crippen molar-refractivity contribution in [3.63, 3.8) is 0 Å². The summed E-state index contributed by atoms with van der Waals surface area (Å²) in [5.74, 6) is -0.210. The van der Waals surface area contributed by atoms with Crippen LogP contribution in [0.25, 0.3) is 0 Å². The minimum atomic E-state index is -0.210. The summed E-state index contributed by atoms with van der Waals surface area (Å²) in [6.07, 6.45) is 0. The van der Waals surface area contributed by atoms with Gasteiger partial charge in [-0.25, -0.2) is 0 Å². The maximum atomic E-state index is 11.9. The first-order valence-electron chi connectivity index (χ1n) is 4.98. The SMILES string of the molecule is Cc1ccc(N)cc1NC(=O)c1sccc1Cl. The molecule has 2 aromatic rings. The molecule has 0 unspecified atom stereocenters. The molecule has 1 aromatic heterocycles. The van der Waals surface area contributed by atoms with E-state index in [-0.39, 0.29) is 5.91 Å². The van der Waals surface area contributed by atoms with Gasteiger partial charge in [0, 0.05) is 11.4 Å². The molecule has 0 bridgehead atoms. The van der Waals surface area contributed by atoms with Crippen molar-refractivity contribution in [1.82, 2.24) is 0 Å². The molecule has 3 nitrogen and oxygen atoms in total. The first-order chi connectivity index (χ1) is 8.08. The van der Waals surface area contributed by atoms with Gasteiger partial charge in [-0.1, -0.05) is 17.7 Å². The van der Waals surface area contributed by atoms with E-state index in [2.05, 4.69) is 5.32 Å². The number of hydrogen-bond acceptors (Lipinski definition) is 3. The molecule has 5 heteroatoms. The molecule has 0 saturated heterocycles. The van der Waals surface area contributed by atoms with Crippen LogP contribution in [0.3, 0.4) is 0 Å². The zero-order chi connectivity index (χ0) is 12.4. The molecule has 2 rings (SSSR count). The van der Waals surface area contributed by atoms with Crippen molar-refractivity contribution < 1.29 is 4.79 Å². The first-order valence-corrected chi connectivity index (χ1v) is 6.24. The highest BCUT2D eigenvalue weighted by atomic mass is 35.5. The number of rotatable bonds is 2. The highest BCUT2D eigenvalue weighted by Gasteiger charge is 2.12. The van der Waals surface area contributed by atoms with Crippen molar-refractivity contribution in [3.8, 4) is 0 Å². The van der Waals surface area contributed by atoms with E-state index in [1.165, 1.54) is 11.3 Å². The Kier molecular flexibility index (Phi) is 3.36. The molecule has 3 N–H and O–H groups in total. The van der Waals surface area contributed by atoms with E-state index in [1.54, 1.807) is 23.6 Å². The normalized spacial score (nSPS) is 10.2. The summed E-state index contributed by atoms with van der Waals surface area (Å²) < 4.78 is 0. The standard InChI is InChI=1S/C12H11ClN2OS/c1-7-2-3-8(14)6-10(7)15-12(16)11-9(13)4-5-17-11/h2-6H,14H2,1H3,(H,15,16). The van der Waals surface area contributed by atoms with E-state index in [9.17, 15) is 4.79 Å². The van der Waals surface area contributed by atoms with Gasteiger partial charge in [0.15, 0.2) is 0 Å². The molecular weight excluding hydrogens is 256 g/mol. The van der Waals surface area contributed by atoms with Crippen molar-refractivity contribution in [2.45, 2.75) is 6.92 Å². The molecule has 0 atom stereocenters. The number of thiophene rings is 1.